The van der Waals surface area contributed by atoms with Gasteiger partial charge in [0.05, 0.1) is 18.7 Å². The topological polar surface area (TPSA) is 55.1 Å². The van der Waals surface area contributed by atoms with Gasteiger partial charge in [0.2, 0.25) is 0 Å². The van der Waals surface area contributed by atoms with Crippen molar-refractivity contribution in [2.45, 2.75) is 46.6 Å². The number of halogens is 1. The maximum atomic E-state index is 10.7. The highest BCUT2D eigenvalue weighted by atomic mass is 35.5. The molecule has 4 nitrogen and oxygen atoms in total. The van der Waals surface area contributed by atoms with Crippen molar-refractivity contribution in [1.29, 1.82) is 0 Å². The van der Waals surface area contributed by atoms with E-state index in [1.165, 1.54) is 0 Å². The Morgan fingerprint density at radius 3 is 2.80 bits per heavy atom. The predicted octanol–water partition coefficient (Wildman–Crippen LogP) is 4.31. The molecule has 0 fully saturated rings. The molecule has 0 aliphatic carbocycles. The first-order chi connectivity index (χ1) is 11.8. The van der Waals surface area contributed by atoms with E-state index in [9.17, 15) is 4.79 Å². The molecule has 1 aromatic carbocycles. The minimum atomic E-state index is -0.815. The van der Waals surface area contributed by atoms with Gasteiger partial charge in [-0.3, -0.25) is 9.48 Å². The van der Waals surface area contributed by atoms with Gasteiger partial charge in [-0.25, -0.2) is 0 Å². The molecule has 0 atom stereocenters. The second-order valence-electron chi connectivity index (χ2n) is 6.53. The summed E-state index contributed by atoms with van der Waals surface area (Å²) in [4.78, 5) is 10.7. The number of benzene rings is 1. The summed E-state index contributed by atoms with van der Waals surface area (Å²) in [6.07, 6.45) is 1.36. The summed E-state index contributed by atoms with van der Waals surface area (Å²) in [5.41, 5.74) is 3.74. The van der Waals surface area contributed by atoms with E-state index in [0.29, 0.717) is 23.9 Å². The second-order valence-corrected chi connectivity index (χ2v) is 6.97. The zero-order chi connectivity index (χ0) is 18.4. The van der Waals surface area contributed by atoms with Crippen molar-refractivity contribution in [3.8, 4) is 11.8 Å². The third-order valence-corrected chi connectivity index (χ3v) is 3.98. The molecule has 0 aliphatic heterocycles. The van der Waals surface area contributed by atoms with Gasteiger partial charge in [-0.2, -0.15) is 5.10 Å². The van der Waals surface area contributed by atoms with Crippen LogP contribution in [-0.4, -0.2) is 20.9 Å². The number of aryl methyl sites for hydroxylation is 2. The number of aliphatic carboxylic acids is 1. The minimum Gasteiger partial charge on any atom is -0.481 e. The van der Waals surface area contributed by atoms with Gasteiger partial charge < -0.3 is 5.11 Å². The fraction of sp³-hybridized carbons (Fsp3) is 0.400. The van der Waals surface area contributed by atoms with E-state index in [1.54, 1.807) is 0 Å². The van der Waals surface area contributed by atoms with Gasteiger partial charge >= 0.3 is 5.97 Å². The minimum absolute atomic E-state index is 0.0829. The molecule has 0 radical (unpaired) electrons. The third kappa shape index (κ3) is 5.95. The first-order valence-electron chi connectivity index (χ1n) is 8.37. The van der Waals surface area contributed by atoms with E-state index >= 15 is 0 Å². The predicted molar refractivity (Wildman–Crippen MR) is 99.8 cm³/mol. The molecule has 25 heavy (non-hydrogen) atoms. The summed E-state index contributed by atoms with van der Waals surface area (Å²) in [5, 5.41) is 14.0. The second kappa shape index (κ2) is 8.73. The van der Waals surface area contributed by atoms with Crippen molar-refractivity contribution in [3.05, 3.63) is 51.8 Å². The average molecular weight is 359 g/mol. The molecular weight excluding hydrogens is 336 g/mol. The van der Waals surface area contributed by atoms with E-state index in [4.69, 9.17) is 16.7 Å². The third-order valence-electron chi connectivity index (χ3n) is 3.75. The molecule has 1 heterocycles. The molecule has 0 amide bonds. The lowest BCUT2D eigenvalue weighted by atomic mass is 10.1. The first kappa shape index (κ1) is 19.1. The van der Waals surface area contributed by atoms with Gasteiger partial charge in [-0.15, -0.1) is 0 Å². The molecular formula is C20H23ClN2O2. The standard InChI is InChI=1S/C20H23ClN2O2/c1-14(2)5-4-6-16-7-8-18(21)12-17(16)13-23-15(3)11-19(22-23)9-10-20(24)25/h7-8,11-12,14H,5,9-10,13H2,1-3H3,(H,24,25). The SMILES string of the molecule is Cc1cc(CCC(=O)O)nn1Cc1cc(Cl)ccc1C#CCC(C)C. The highest BCUT2D eigenvalue weighted by molar-refractivity contribution is 6.30. The lowest BCUT2D eigenvalue weighted by Gasteiger charge is -2.08. The van der Waals surface area contributed by atoms with Gasteiger partial charge in [-0.1, -0.05) is 37.3 Å². The molecule has 0 saturated carbocycles. The van der Waals surface area contributed by atoms with E-state index < -0.39 is 5.97 Å². The van der Waals surface area contributed by atoms with Crippen molar-refractivity contribution < 1.29 is 9.90 Å². The number of carboxylic acid groups (broad SMARTS) is 1. The highest BCUT2D eigenvalue weighted by Gasteiger charge is 2.09. The summed E-state index contributed by atoms with van der Waals surface area (Å²) in [6.45, 7) is 6.81. The van der Waals surface area contributed by atoms with Crippen LogP contribution in [0.25, 0.3) is 0 Å². The number of rotatable bonds is 6. The summed E-state index contributed by atoms with van der Waals surface area (Å²) in [7, 11) is 0. The molecule has 0 spiro atoms. The zero-order valence-electron chi connectivity index (χ0n) is 14.8. The van der Waals surface area contributed by atoms with Crippen LogP contribution in [0.5, 0.6) is 0 Å². The quantitative estimate of drug-likeness (QED) is 0.783. The molecule has 0 bridgehead atoms. The Kier molecular flexibility index (Phi) is 6.66. The Balaban J connectivity index is 2.22. The smallest absolute Gasteiger partial charge is 0.303 e. The van der Waals surface area contributed by atoms with Crippen molar-refractivity contribution in [2.75, 3.05) is 0 Å². The number of nitrogens with zero attached hydrogens (tertiary/aromatic N) is 2. The van der Waals surface area contributed by atoms with Crippen LogP contribution in [-0.2, 0) is 17.8 Å². The van der Waals surface area contributed by atoms with E-state index in [2.05, 4.69) is 30.8 Å². The zero-order valence-corrected chi connectivity index (χ0v) is 15.6. The Morgan fingerprint density at radius 1 is 1.36 bits per heavy atom. The fourth-order valence-electron chi connectivity index (χ4n) is 2.42. The van der Waals surface area contributed by atoms with Gasteiger partial charge in [0, 0.05) is 29.1 Å². The lowest BCUT2D eigenvalue weighted by Crippen LogP contribution is -2.06. The highest BCUT2D eigenvalue weighted by Crippen LogP contribution is 2.18. The van der Waals surface area contributed by atoms with Crippen molar-refractivity contribution >= 4 is 17.6 Å². The molecule has 1 N–H and O–H groups in total. The van der Waals surface area contributed by atoms with Gasteiger partial charge in [0.25, 0.3) is 0 Å². The fourth-order valence-corrected chi connectivity index (χ4v) is 2.62. The Morgan fingerprint density at radius 2 is 2.12 bits per heavy atom. The van der Waals surface area contributed by atoms with E-state index in [0.717, 1.165) is 28.9 Å². The molecule has 0 unspecified atom stereocenters. The Hall–Kier alpha value is -2.25. The number of aromatic nitrogens is 2. The Bertz CT molecular complexity index is 813. The summed E-state index contributed by atoms with van der Waals surface area (Å²) >= 11 is 6.15. The van der Waals surface area contributed by atoms with Crippen LogP contribution >= 0.6 is 11.6 Å². The average Bonchev–Trinajstić information content (AvgIpc) is 2.87. The molecule has 0 aliphatic rings. The monoisotopic (exact) mass is 358 g/mol. The summed E-state index contributed by atoms with van der Waals surface area (Å²) < 4.78 is 1.87. The summed E-state index contributed by atoms with van der Waals surface area (Å²) in [6, 6.07) is 7.63. The molecule has 5 heteroatoms. The van der Waals surface area contributed by atoms with Crippen LogP contribution in [0.15, 0.2) is 24.3 Å². The number of hydrogen-bond acceptors (Lipinski definition) is 2. The normalized spacial score (nSPS) is 10.6. The lowest BCUT2D eigenvalue weighted by molar-refractivity contribution is -0.136. The molecule has 1 aromatic heterocycles. The van der Waals surface area contributed by atoms with Crippen LogP contribution in [0.1, 0.15) is 49.2 Å². The first-order valence-corrected chi connectivity index (χ1v) is 8.75. The van der Waals surface area contributed by atoms with E-state index in [-0.39, 0.29) is 6.42 Å². The van der Waals surface area contributed by atoms with Gasteiger partial charge in [0.15, 0.2) is 0 Å². The van der Waals surface area contributed by atoms with Crippen molar-refractivity contribution in [1.82, 2.24) is 9.78 Å². The van der Waals surface area contributed by atoms with Crippen LogP contribution in [0.2, 0.25) is 5.02 Å². The number of carboxylic acids is 1. The maximum Gasteiger partial charge on any atom is 0.303 e. The number of carbonyl (C=O) groups is 1. The molecule has 132 valence electrons. The van der Waals surface area contributed by atoms with Crippen LogP contribution < -0.4 is 0 Å². The largest absolute Gasteiger partial charge is 0.481 e. The van der Waals surface area contributed by atoms with Crippen molar-refractivity contribution in [2.24, 2.45) is 5.92 Å². The van der Waals surface area contributed by atoms with Crippen LogP contribution in [0.3, 0.4) is 0 Å². The van der Waals surface area contributed by atoms with Crippen LogP contribution in [0, 0.1) is 24.7 Å². The van der Waals surface area contributed by atoms with Gasteiger partial charge in [-0.05, 0) is 42.7 Å². The van der Waals surface area contributed by atoms with Gasteiger partial charge in [0.1, 0.15) is 0 Å². The maximum absolute atomic E-state index is 10.7. The van der Waals surface area contributed by atoms with E-state index in [1.807, 2.05) is 35.9 Å². The molecule has 2 rings (SSSR count). The van der Waals surface area contributed by atoms with Crippen molar-refractivity contribution in [3.63, 3.8) is 0 Å². The molecule has 2 aromatic rings. The molecule has 0 saturated heterocycles. The van der Waals surface area contributed by atoms with Crippen LogP contribution in [0.4, 0.5) is 0 Å². The number of hydrogen-bond donors (Lipinski definition) is 1. The summed E-state index contributed by atoms with van der Waals surface area (Å²) in [5.74, 6) is 6.16. The Labute approximate surface area is 153 Å².